The molecule has 1 aromatic rings. The van der Waals surface area contributed by atoms with Gasteiger partial charge in [0.15, 0.2) is 0 Å². The molecule has 9 heteroatoms. The van der Waals surface area contributed by atoms with Crippen molar-refractivity contribution in [2.75, 3.05) is 6.54 Å². The summed E-state index contributed by atoms with van der Waals surface area (Å²) in [6, 6.07) is 8.44. The summed E-state index contributed by atoms with van der Waals surface area (Å²) in [6.45, 7) is 2.58. The third kappa shape index (κ3) is 5.04. The van der Waals surface area contributed by atoms with E-state index in [1.54, 1.807) is 0 Å². The molecular formula is C20H27N5O4. The van der Waals surface area contributed by atoms with E-state index in [0.717, 1.165) is 23.4 Å². The molecule has 2 fully saturated rings. The highest BCUT2D eigenvalue weighted by Gasteiger charge is 2.52. The van der Waals surface area contributed by atoms with Gasteiger partial charge in [-0.05, 0) is 37.2 Å². The molecule has 3 rings (SSSR count). The van der Waals surface area contributed by atoms with Crippen LogP contribution < -0.4 is 21.4 Å². The molecule has 4 N–H and O–H groups in total. The lowest BCUT2D eigenvalue weighted by molar-refractivity contribution is -0.140. The second-order valence-electron chi connectivity index (χ2n) is 7.72. The summed E-state index contributed by atoms with van der Waals surface area (Å²) in [4.78, 5) is 48.8. The standard InChI is InChI=1S/C20H27N5O4/c1-14-7-10-20(11-8-14)17(27)25(19(29)23-20)24-16(26)9-12-21-18(28)22-13-15-5-3-2-4-6-15/h2-6,14H,7-13H2,1H3,(H,23,29)(H,24,26)(H2,21,22,28). The molecule has 9 nitrogen and oxygen atoms in total. The lowest BCUT2D eigenvalue weighted by atomic mass is 9.77. The normalized spacial score (nSPS) is 23.6. The number of rotatable bonds is 6. The van der Waals surface area contributed by atoms with Crippen LogP contribution in [0.3, 0.4) is 0 Å². The van der Waals surface area contributed by atoms with Crippen LogP contribution in [0, 0.1) is 5.92 Å². The highest BCUT2D eigenvalue weighted by atomic mass is 16.2. The predicted molar refractivity (Wildman–Crippen MR) is 105 cm³/mol. The van der Waals surface area contributed by atoms with Crippen LogP contribution in [0.1, 0.15) is 44.6 Å². The molecule has 1 aromatic carbocycles. The Kier molecular flexibility index (Phi) is 6.36. The molecule has 29 heavy (non-hydrogen) atoms. The molecule has 2 aliphatic rings. The van der Waals surface area contributed by atoms with Crippen LogP contribution in [-0.2, 0) is 16.1 Å². The van der Waals surface area contributed by atoms with Gasteiger partial charge in [-0.2, -0.15) is 5.01 Å². The maximum atomic E-state index is 12.7. The van der Waals surface area contributed by atoms with E-state index in [2.05, 4.69) is 28.3 Å². The summed E-state index contributed by atoms with van der Waals surface area (Å²) >= 11 is 0. The van der Waals surface area contributed by atoms with Crippen LogP contribution in [0.2, 0.25) is 0 Å². The van der Waals surface area contributed by atoms with Crippen LogP contribution in [0.4, 0.5) is 9.59 Å². The molecule has 0 bridgehead atoms. The highest BCUT2D eigenvalue weighted by Crippen LogP contribution is 2.35. The van der Waals surface area contributed by atoms with E-state index >= 15 is 0 Å². The molecule has 1 saturated carbocycles. The van der Waals surface area contributed by atoms with Crippen LogP contribution in [0.25, 0.3) is 0 Å². The molecule has 1 spiro atoms. The first-order valence-electron chi connectivity index (χ1n) is 9.91. The molecule has 1 heterocycles. The lowest BCUT2D eigenvalue weighted by Gasteiger charge is -2.33. The van der Waals surface area contributed by atoms with Gasteiger partial charge < -0.3 is 16.0 Å². The topological polar surface area (TPSA) is 120 Å². The van der Waals surface area contributed by atoms with Gasteiger partial charge in [0.25, 0.3) is 5.91 Å². The smallest absolute Gasteiger partial charge is 0.338 e. The van der Waals surface area contributed by atoms with Crippen molar-refractivity contribution in [3.63, 3.8) is 0 Å². The number of nitrogens with one attached hydrogen (secondary N) is 4. The zero-order valence-corrected chi connectivity index (χ0v) is 16.5. The lowest BCUT2D eigenvalue weighted by Crippen LogP contribution is -2.51. The van der Waals surface area contributed by atoms with E-state index in [-0.39, 0.29) is 13.0 Å². The van der Waals surface area contributed by atoms with Crippen molar-refractivity contribution >= 4 is 23.9 Å². The SMILES string of the molecule is CC1CCC2(CC1)NC(=O)N(NC(=O)CCNC(=O)NCc1ccccc1)C2=O. The Balaban J connectivity index is 1.39. The Labute approximate surface area is 169 Å². The number of imide groups is 1. The molecule has 0 radical (unpaired) electrons. The van der Waals surface area contributed by atoms with Crippen molar-refractivity contribution in [3.8, 4) is 0 Å². The zero-order chi connectivity index (χ0) is 20.9. The molecule has 1 aliphatic heterocycles. The van der Waals surface area contributed by atoms with E-state index in [9.17, 15) is 19.2 Å². The van der Waals surface area contributed by atoms with Gasteiger partial charge in [0.1, 0.15) is 5.54 Å². The van der Waals surface area contributed by atoms with E-state index in [1.165, 1.54) is 0 Å². The van der Waals surface area contributed by atoms with Crippen molar-refractivity contribution < 1.29 is 19.2 Å². The van der Waals surface area contributed by atoms with E-state index in [4.69, 9.17) is 0 Å². The van der Waals surface area contributed by atoms with Gasteiger partial charge in [-0.1, -0.05) is 37.3 Å². The molecule has 0 unspecified atom stereocenters. The minimum absolute atomic E-state index is 0.0557. The Morgan fingerprint density at radius 1 is 1.14 bits per heavy atom. The second-order valence-corrected chi connectivity index (χ2v) is 7.72. The minimum atomic E-state index is -0.896. The average molecular weight is 401 g/mol. The number of carbonyl (C=O) groups is 4. The van der Waals surface area contributed by atoms with Gasteiger partial charge in [-0.3, -0.25) is 15.0 Å². The van der Waals surface area contributed by atoms with Crippen molar-refractivity contribution in [1.29, 1.82) is 0 Å². The third-order valence-electron chi connectivity index (χ3n) is 5.46. The first kappa shape index (κ1) is 20.6. The van der Waals surface area contributed by atoms with Crippen molar-refractivity contribution in [1.82, 2.24) is 26.4 Å². The van der Waals surface area contributed by atoms with Crippen molar-refractivity contribution in [2.24, 2.45) is 5.92 Å². The van der Waals surface area contributed by atoms with E-state index in [0.29, 0.717) is 25.3 Å². The summed E-state index contributed by atoms with van der Waals surface area (Å²) in [7, 11) is 0. The quantitative estimate of drug-likeness (QED) is 0.539. The number of hydrogen-bond donors (Lipinski definition) is 4. The summed E-state index contributed by atoms with van der Waals surface area (Å²) < 4.78 is 0. The Hall–Kier alpha value is -3.10. The van der Waals surface area contributed by atoms with Gasteiger partial charge in [0.2, 0.25) is 5.91 Å². The Morgan fingerprint density at radius 2 is 1.83 bits per heavy atom. The molecule has 156 valence electrons. The number of carbonyl (C=O) groups excluding carboxylic acids is 4. The summed E-state index contributed by atoms with van der Waals surface area (Å²) in [6.07, 6.45) is 2.81. The van der Waals surface area contributed by atoms with Crippen LogP contribution in [0.5, 0.6) is 0 Å². The second kappa shape index (κ2) is 8.93. The molecule has 0 atom stereocenters. The van der Waals surface area contributed by atoms with Crippen LogP contribution in [0.15, 0.2) is 30.3 Å². The van der Waals surface area contributed by atoms with E-state index in [1.807, 2.05) is 30.3 Å². The Bertz CT molecular complexity index is 774. The monoisotopic (exact) mass is 401 g/mol. The Morgan fingerprint density at radius 3 is 2.52 bits per heavy atom. The predicted octanol–water partition coefficient (Wildman–Crippen LogP) is 1.41. The number of amides is 6. The molecule has 6 amide bonds. The van der Waals surface area contributed by atoms with Gasteiger partial charge in [0, 0.05) is 19.5 Å². The molecular weight excluding hydrogens is 374 g/mol. The van der Waals surface area contributed by atoms with Crippen LogP contribution >= 0.6 is 0 Å². The number of benzene rings is 1. The first-order chi connectivity index (χ1) is 13.9. The van der Waals surface area contributed by atoms with Crippen molar-refractivity contribution in [3.05, 3.63) is 35.9 Å². The molecule has 1 aliphatic carbocycles. The molecule has 0 aromatic heterocycles. The van der Waals surface area contributed by atoms with Gasteiger partial charge >= 0.3 is 12.1 Å². The summed E-state index contributed by atoms with van der Waals surface area (Å²) in [5.41, 5.74) is 2.42. The fourth-order valence-corrected chi connectivity index (χ4v) is 3.63. The van der Waals surface area contributed by atoms with Gasteiger partial charge in [-0.25, -0.2) is 9.59 Å². The van der Waals surface area contributed by atoms with Gasteiger partial charge in [-0.15, -0.1) is 0 Å². The maximum Gasteiger partial charge on any atom is 0.344 e. The third-order valence-corrected chi connectivity index (χ3v) is 5.46. The number of nitrogens with zero attached hydrogens (tertiary/aromatic N) is 1. The molecule has 1 saturated heterocycles. The highest BCUT2D eigenvalue weighted by molar-refractivity contribution is 6.08. The fourth-order valence-electron chi connectivity index (χ4n) is 3.63. The number of hydrogen-bond acceptors (Lipinski definition) is 4. The maximum absolute atomic E-state index is 12.7. The number of hydrazine groups is 1. The summed E-state index contributed by atoms with van der Waals surface area (Å²) in [5.74, 6) is -0.400. The van der Waals surface area contributed by atoms with Gasteiger partial charge in [0.05, 0.1) is 0 Å². The minimum Gasteiger partial charge on any atom is -0.338 e. The number of urea groups is 2. The van der Waals surface area contributed by atoms with Crippen molar-refractivity contribution in [2.45, 2.75) is 51.1 Å². The average Bonchev–Trinajstić information content (AvgIpc) is 2.94. The largest absolute Gasteiger partial charge is 0.344 e. The first-order valence-corrected chi connectivity index (χ1v) is 9.91. The fraction of sp³-hybridized carbons (Fsp3) is 0.500. The summed E-state index contributed by atoms with van der Waals surface area (Å²) in [5, 5.41) is 8.79. The van der Waals surface area contributed by atoms with Crippen LogP contribution in [-0.4, -0.2) is 41.0 Å². The zero-order valence-electron chi connectivity index (χ0n) is 16.5. The van der Waals surface area contributed by atoms with E-state index < -0.39 is 29.4 Å².